The molecule has 26 heavy (non-hydrogen) atoms. The molecule has 0 unspecified atom stereocenters. The van der Waals surface area contributed by atoms with Gasteiger partial charge in [-0.15, -0.1) is 0 Å². The van der Waals surface area contributed by atoms with Crippen LogP contribution < -0.4 is 4.90 Å². The lowest BCUT2D eigenvalue weighted by molar-refractivity contribution is 0.0979. The number of rotatable bonds is 6. The lowest BCUT2D eigenvalue weighted by Gasteiger charge is -2.23. The number of aromatic nitrogens is 1. The molecule has 3 nitrogen and oxygen atoms in total. The molecule has 136 valence electrons. The minimum atomic E-state index is 0.0860. The fourth-order valence-electron chi connectivity index (χ4n) is 3.67. The molecule has 0 saturated carbocycles. The van der Waals surface area contributed by atoms with E-state index in [1.165, 1.54) is 5.39 Å². The summed E-state index contributed by atoms with van der Waals surface area (Å²) in [5, 5.41) is 1.17. The Morgan fingerprint density at radius 2 is 1.81 bits per heavy atom. The minimum Gasteiger partial charge on any atom is -0.336 e. The maximum Gasteiger partial charge on any atom is 0.275 e. The van der Waals surface area contributed by atoms with Gasteiger partial charge in [0.1, 0.15) is 5.69 Å². The van der Waals surface area contributed by atoms with Crippen LogP contribution in [0.25, 0.3) is 10.9 Å². The summed E-state index contributed by atoms with van der Waals surface area (Å²) in [6, 6.07) is 16.5. The van der Waals surface area contributed by atoms with Crippen LogP contribution in [0.15, 0.2) is 48.5 Å². The van der Waals surface area contributed by atoms with E-state index >= 15 is 0 Å². The van der Waals surface area contributed by atoms with E-state index in [4.69, 9.17) is 0 Å². The molecule has 0 atom stereocenters. The standard InChI is InChI=1S/C23H28N2O/c1-5-7-15-25-21-14-9-8-13-20(21)18(4)22(25)23(26)24(6-2)19-12-10-11-17(3)16-19/h8-14,16H,5-7,15H2,1-4H3. The summed E-state index contributed by atoms with van der Waals surface area (Å²) in [5.74, 6) is 0.0860. The third kappa shape index (κ3) is 3.26. The van der Waals surface area contributed by atoms with E-state index in [0.29, 0.717) is 6.54 Å². The Kier molecular flexibility index (Phi) is 5.46. The summed E-state index contributed by atoms with van der Waals surface area (Å²) < 4.78 is 2.22. The van der Waals surface area contributed by atoms with Crippen LogP contribution in [-0.4, -0.2) is 17.0 Å². The molecule has 1 amide bonds. The first-order valence-electron chi connectivity index (χ1n) is 9.54. The maximum absolute atomic E-state index is 13.6. The number of hydrogen-bond donors (Lipinski definition) is 0. The molecule has 0 saturated heterocycles. The molecular formula is C23H28N2O. The number of para-hydroxylation sites is 1. The summed E-state index contributed by atoms with van der Waals surface area (Å²) in [6.07, 6.45) is 2.17. The van der Waals surface area contributed by atoms with E-state index in [-0.39, 0.29) is 5.91 Å². The molecule has 3 rings (SSSR count). The molecule has 1 aromatic heterocycles. The molecular weight excluding hydrogens is 320 g/mol. The van der Waals surface area contributed by atoms with Crippen molar-refractivity contribution < 1.29 is 4.79 Å². The van der Waals surface area contributed by atoms with Crippen molar-refractivity contribution in [1.29, 1.82) is 0 Å². The Balaban J connectivity index is 2.13. The third-order valence-corrected chi connectivity index (χ3v) is 5.04. The fourth-order valence-corrected chi connectivity index (χ4v) is 3.67. The fraction of sp³-hybridized carbons (Fsp3) is 0.348. The average molecular weight is 348 g/mol. The molecule has 0 radical (unpaired) electrons. The molecule has 1 heterocycles. The zero-order chi connectivity index (χ0) is 18.7. The Hall–Kier alpha value is -2.55. The topological polar surface area (TPSA) is 25.2 Å². The highest BCUT2D eigenvalue weighted by molar-refractivity contribution is 6.09. The number of benzene rings is 2. The smallest absolute Gasteiger partial charge is 0.275 e. The van der Waals surface area contributed by atoms with Gasteiger partial charge >= 0.3 is 0 Å². The van der Waals surface area contributed by atoms with Crippen LogP contribution in [0.1, 0.15) is 48.3 Å². The summed E-state index contributed by atoms with van der Waals surface area (Å²) in [4.78, 5) is 15.5. The van der Waals surface area contributed by atoms with Crippen molar-refractivity contribution in [2.75, 3.05) is 11.4 Å². The summed E-state index contributed by atoms with van der Waals surface area (Å²) in [5.41, 5.74) is 5.18. The minimum absolute atomic E-state index is 0.0860. The largest absolute Gasteiger partial charge is 0.336 e. The number of amides is 1. The molecule has 0 fully saturated rings. The Labute approximate surface area is 156 Å². The third-order valence-electron chi connectivity index (χ3n) is 5.04. The predicted octanol–water partition coefficient (Wildman–Crippen LogP) is 5.72. The number of anilines is 1. The second-order valence-corrected chi connectivity index (χ2v) is 6.88. The monoisotopic (exact) mass is 348 g/mol. The van der Waals surface area contributed by atoms with Gasteiger partial charge in [0.05, 0.1) is 0 Å². The number of hydrogen-bond acceptors (Lipinski definition) is 1. The number of unbranched alkanes of at least 4 members (excludes halogenated alkanes) is 1. The highest BCUT2D eigenvalue weighted by Gasteiger charge is 2.24. The molecule has 0 bridgehead atoms. The highest BCUT2D eigenvalue weighted by Crippen LogP contribution is 2.29. The second kappa shape index (κ2) is 7.77. The van der Waals surface area contributed by atoms with Crippen molar-refractivity contribution in [2.45, 2.75) is 47.1 Å². The van der Waals surface area contributed by atoms with Crippen molar-refractivity contribution in [3.63, 3.8) is 0 Å². The van der Waals surface area contributed by atoms with Crippen molar-refractivity contribution in [3.05, 3.63) is 65.4 Å². The molecule has 0 N–H and O–H groups in total. The Morgan fingerprint density at radius 3 is 2.50 bits per heavy atom. The Bertz CT molecular complexity index is 923. The van der Waals surface area contributed by atoms with Gasteiger partial charge in [-0.25, -0.2) is 0 Å². The normalized spacial score (nSPS) is 11.1. The van der Waals surface area contributed by atoms with Gasteiger partial charge in [0, 0.05) is 29.7 Å². The summed E-state index contributed by atoms with van der Waals surface area (Å²) >= 11 is 0. The van der Waals surface area contributed by atoms with Crippen molar-refractivity contribution in [2.24, 2.45) is 0 Å². The first kappa shape index (κ1) is 18.2. The van der Waals surface area contributed by atoms with Crippen LogP contribution in [0.2, 0.25) is 0 Å². The maximum atomic E-state index is 13.6. The average Bonchev–Trinajstić information content (AvgIpc) is 2.93. The number of fused-ring (bicyclic) bond motifs is 1. The molecule has 0 aliphatic carbocycles. The molecule has 3 heteroatoms. The van der Waals surface area contributed by atoms with Gasteiger partial charge in [-0.05, 0) is 56.5 Å². The number of carbonyl (C=O) groups is 1. The van der Waals surface area contributed by atoms with Gasteiger partial charge in [-0.3, -0.25) is 4.79 Å². The quantitative estimate of drug-likeness (QED) is 0.559. The van der Waals surface area contributed by atoms with E-state index in [1.807, 2.05) is 30.0 Å². The highest BCUT2D eigenvalue weighted by atomic mass is 16.2. The molecule has 0 aliphatic heterocycles. The van der Waals surface area contributed by atoms with Gasteiger partial charge in [0.25, 0.3) is 5.91 Å². The zero-order valence-corrected chi connectivity index (χ0v) is 16.2. The number of aryl methyl sites for hydroxylation is 3. The first-order valence-corrected chi connectivity index (χ1v) is 9.54. The van der Waals surface area contributed by atoms with E-state index in [9.17, 15) is 4.79 Å². The lowest BCUT2D eigenvalue weighted by Crippen LogP contribution is -2.33. The van der Waals surface area contributed by atoms with E-state index in [0.717, 1.165) is 47.4 Å². The van der Waals surface area contributed by atoms with Crippen LogP contribution in [0.3, 0.4) is 0 Å². The van der Waals surface area contributed by atoms with Crippen LogP contribution in [0.5, 0.6) is 0 Å². The summed E-state index contributed by atoms with van der Waals surface area (Å²) in [7, 11) is 0. The second-order valence-electron chi connectivity index (χ2n) is 6.88. The van der Waals surface area contributed by atoms with E-state index in [1.54, 1.807) is 0 Å². The predicted molar refractivity (Wildman–Crippen MR) is 110 cm³/mol. The molecule has 0 spiro atoms. The number of carbonyl (C=O) groups excluding carboxylic acids is 1. The van der Waals surface area contributed by atoms with Crippen LogP contribution in [-0.2, 0) is 6.54 Å². The molecule has 0 aliphatic rings. The van der Waals surface area contributed by atoms with Gasteiger partial charge in [0.15, 0.2) is 0 Å². The van der Waals surface area contributed by atoms with Crippen LogP contribution in [0, 0.1) is 13.8 Å². The zero-order valence-electron chi connectivity index (χ0n) is 16.2. The SMILES string of the molecule is CCCCn1c(C(=O)N(CC)c2cccc(C)c2)c(C)c2ccccc21. The lowest BCUT2D eigenvalue weighted by atomic mass is 10.1. The van der Waals surface area contributed by atoms with Gasteiger partial charge < -0.3 is 9.47 Å². The van der Waals surface area contributed by atoms with Crippen molar-refractivity contribution >= 4 is 22.5 Å². The molecule has 3 aromatic rings. The van der Waals surface area contributed by atoms with Gasteiger partial charge in [-0.2, -0.15) is 0 Å². The van der Waals surface area contributed by atoms with Crippen LogP contribution >= 0.6 is 0 Å². The van der Waals surface area contributed by atoms with Crippen LogP contribution in [0.4, 0.5) is 5.69 Å². The van der Waals surface area contributed by atoms with Crippen molar-refractivity contribution in [3.8, 4) is 0 Å². The van der Waals surface area contributed by atoms with Gasteiger partial charge in [-0.1, -0.05) is 43.7 Å². The van der Waals surface area contributed by atoms with Gasteiger partial charge in [0.2, 0.25) is 0 Å². The first-order chi connectivity index (χ1) is 12.6. The molecule has 2 aromatic carbocycles. The van der Waals surface area contributed by atoms with E-state index < -0.39 is 0 Å². The Morgan fingerprint density at radius 1 is 1.04 bits per heavy atom. The van der Waals surface area contributed by atoms with Crippen molar-refractivity contribution in [1.82, 2.24) is 4.57 Å². The van der Waals surface area contributed by atoms with E-state index in [2.05, 4.69) is 55.7 Å². The number of nitrogens with zero attached hydrogens (tertiary/aromatic N) is 2. The summed E-state index contributed by atoms with van der Waals surface area (Å²) in [6.45, 7) is 9.88.